The highest BCUT2D eigenvalue weighted by Gasteiger charge is 2.48. The number of hydrogen-bond donors (Lipinski definition) is 0. The highest BCUT2D eigenvalue weighted by Crippen LogP contribution is 2.45. The molecule has 1 aromatic carbocycles. The second-order valence-electron chi connectivity index (χ2n) is 4.74. The zero-order valence-corrected chi connectivity index (χ0v) is 11.5. The molecule has 0 heterocycles. The monoisotopic (exact) mass is 268 g/mol. The summed E-state index contributed by atoms with van der Waals surface area (Å²) >= 11 is 0. The zero-order valence-electron chi connectivity index (χ0n) is 11.5. The quantitative estimate of drug-likeness (QED) is 0.791. The molecule has 0 amide bonds. The van der Waals surface area contributed by atoms with E-state index in [1.165, 1.54) is 7.11 Å². The number of hydrogen-bond acceptors (Lipinski definition) is 4. The Balaban J connectivity index is 2.45. The molecule has 1 aromatic rings. The van der Waals surface area contributed by atoms with Gasteiger partial charge in [-0.2, -0.15) is 10.5 Å². The Kier molecular flexibility index (Phi) is 4.08. The summed E-state index contributed by atoms with van der Waals surface area (Å²) in [5.74, 6) is 0.543. The van der Waals surface area contributed by atoms with Crippen LogP contribution in [-0.4, -0.2) is 20.3 Å². The molecule has 0 aromatic heterocycles. The molecule has 0 aliphatic heterocycles. The number of allylic oxidation sites excluding steroid dienone is 1. The number of nitrogens with zero attached hydrogens (tertiary/aromatic N) is 2. The molecule has 0 saturated heterocycles. The second kappa shape index (κ2) is 5.77. The van der Waals surface area contributed by atoms with E-state index in [1.807, 2.05) is 30.3 Å². The molecular weight excluding hydrogens is 252 g/mol. The molecule has 0 saturated carbocycles. The van der Waals surface area contributed by atoms with Crippen LogP contribution in [0.3, 0.4) is 0 Å². The fourth-order valence-electron chi connectivity index (χ4n) is 2.68. The lowest BCUT2D eigenvalue weighted by Crippen LogP contribution is -2.40. The van der Waals surface area contributed by atoms with Crippen molar-refractivity contribution in [3.05, 3.63) is 42.0 Å². The van der Waals surface area contributed by atoms with Crippen LogP contribution in [0.4, 0.5) is 0 Å². The van der Waals surface area contributed by atoms with E-state index < -0.39 is 11.5 Å². The van der Waals surface area contributed by atoms with Crippen LogP contribution in [0.25, 0.3) is 0 Å². The molecule has 1 aliphatic carbocycles. The third kappa shape index (κ3) is 2.15. The van der Waals surface area contributed by atoms with Crippen molar-refractivity contribution in [2.75, 3.05) is 14.2 Å². The molecule has 4 heteroatoms. The fourth-order valence-corrected chi connectivity index (χ4v) is 2.68. The largest absolute Gasteiger partial charge is 0.497 e. The molecule has 0 bridgehead atoms. The number of nitriles is 2. The smallest absolute Gasteiger partial charge is 0.180 e. The maximum absolute atomic E-state index is 9.56. The lowest BCUT2D eigenvalue weighted by Gasteiger charge is -2.36. The average molecular weight is 268 g/mol. The first-order chi connectivity index (χ1) is 9.71. The number of ether oxygens (including phenoxy) is 2. The van der Waals surface area contributed by atoms with Gasteiger partial charge in [0, 0.05) is 13.0 Å². The molecule has 0 fully saturated rings. The molecule has 4 nitrogen and oxygen atoms in total. The van der Waals surface area contributed by atoms with Gasteiger partial charge in [-0.25, -0.2) is 0 Å². The van der Waals surface area contributed by atoms with Crippen molar-refractivity contribution in [2.24, 2.45) is 5.41 Å². The van der Waals surface area contributed by atoms with E-state index in [0.29, 0.717) is 6.42 Å². The summed E-state index contributed by atoms with van der Waals surface area (Å²) in [5, 5.41) is 19.1. The van der Waals surface area contributed by atoms with Gasteiger partial charge in [-0.15, -0.1) is 0 Å². The Morgan fingerprint density at radius 1 is 1.15 bits per heavy atom. The van der Waals surface area contributed by atoms with Gasteiger partial charge in [-0.3, -0.25) is 0 Å². The van der Waals surface area contributed by atoms with Gasteiger partial charge in [0.25, 0.3) is 0 Å². The van der Waals surface area contributed by atoms with E-state index in [1.54, 1.807) is 13.2 Å². The minimum Gasteiger partial charge on any atom is -0.497 e. The third-order valence-corrected chi connectivity index (χ3v) is 3.82. The van der Waals surface area contributed by atoms with Crippen molar-refractivity contribution in [3.8, 4) is 17.9 Å². The molecular formula is C16H16N2O2. The van der Waals surface area contributed by atoms with Crippen molar-refractivity contribution in [1.29, 1.82) is 10.5 Å². The van der Waals surface area contributed by atoms with Gasteiger partial charge >= 0.3 is 0 Å². The van der Waals surface area contributed by atoms with E-state index in [0.717, 1.165) is 11.3 Å². The van der Waals surface area contributed by atoms with Crippen molar-refractivity contribution in [2.45, 2.75) is 18.4 Å². The Hall–Kier alpha value is -2.30. The average Bonchev–Trinajstić information content (AvgIpc) is 2.53. The van der Waals surface area contributed by atoms with Crippen LogP contribution in [0.5, 0.6) is 5.75 Å². The van der Waals surface area contributed by atoms with E-state index in [2.05, 4.69) is 12.1 Å². The van der Waals surface area contributed by atoms with Crippen molar-refractivity contribution in [1.82, 2.24) is 0 Å². The number of benzene rings is 1. The molecule has 2 rings (SSSR count). The summed E-state index contributed by atoms with van der Waals surface area (Å²) in [7, 11) is 3.13. The zero-order chi connectivity index (χ0) is 14.6. The SMILES string of the molecule is COc1ccc([C@H]2CC=C[C@@H](OC)C2(C#N)C#N)cc1. The van der Waals surface area contributed by atoms with Gasteiger partial charge in [0.15, 0.2) is 5.41 Å². The summed E-state index contributed by atoms with van der Waals surface area (Å²) in [6.45, 7) is 0. The van der Waals surface area contributed by atoms with Crippen molar-refractivity contribution >= 4 is 0 Å². The Morgan fingerprint density at radius 2 is 1.80 bits per heavy atom. The van der Waals surface area contributed by atoms with Crippen molar-refractivity contribution < 1.29 is 9.47 Å². The van der Waals surface area contributed by atoms with E-state index >= 15 is 0 Å². The lowest BCUT2D eigenvalue weighted by molar-refractivity contribution is 0.0617. The third-order valence-electron chi connectivity index (χ3n) is 3.82. The predicted octanol–water partition coefficient (Wildman–Crippen LogP) is 2.79. The Labute approximate surface area is 118 Å². The predicted molar refractivity (Wildman–Crippen MR) is 73.9 cm³/mol. The van der Waals surface area contributed by atoms with E-state index in [-0.39, 0.29) is 5.92 Å². The molecule has 0 spiro atoms. The van der Waals surface area contributed by atoms with Gasteiger partial charge < -0.3 is 9.47 Å². The Morgan fingerprint density at radius 3 is 2.30 bits per heavy atom. The lowest BCUT2D eigenvalue weighted by atomic mass is 9.66. The van der Waals surface area contributed by atoms with Crippen LogP contribution >= 0.6 is 0 Å². The molecule has 0 radical (unpaired) electrons. The summed E-state index contributed by atoms with van der Waals surface area (Å²) < 4.78 is 10.5. The molecule has 1 aliphatic rings. The van der Waals surface area contributed by atoms with Gasteiger partial charge in [-0.1, -0.05) is 24.3 Å². The van der Waals surface area contributed by atoms with Gasteiger partial charge in [0.1, 0.15) is 11.9 Å². The van der Waals surface area contributed by atoms with Crippen LogP contribution in [0.2, 0.25) is 0 Å². The van der Waals surface area contributed by atoms with Crippen LogP contribution in [-0.2, 0) is 4.74 Å². The molecule has 0 N–H and O–H groups in total. The van der Waals surface area contributed by atoms with Crippen molar-refractivity contribution in [3.63, 3.8) is 0 Å². The second-order valence-corrected chi connectivity index (χ2v) is 4.74. The van der Waals surface area contributed by atoms with Gasteiger partial charge in [0.05, 0.1) is 19.2 Å². The minimum atomic E-state index is -1.20. The highest BCUT2D eigenvalue weighted by atomic mass is 16.5. The maximum Gasteiger partial charge on any atom is 0.180 e. The summed E-state index contributed by atoms with van der Waals surface area (Å²) in [4.78, 5) is 0. The van der Waals surface area contributed by atoms with Gasteiger partial charge in [-0.05, 0) is 24.1 Å². The number of methoxy groups -OCH3 is 2. The first-order valence-electron chi connectivity index (χ1n) is 6.37. The van der Waals surface area contributed by atoms with E-state index in [4.69, 9.17) is 9.47 Å². The van der Waals surface area contributed by atoms with Crippen LogP contribution < -0.4 is 4.74 Å². The molecule has 20 heavy (non-hydrogen) atoms. The summed E-state index contributed by atoms with van der Waals surface area (Å²) in [5.41, 5.74) is -0.252. The van der Waals surface area contributed by atoms with Crippen LogP contribution in [0.15, 0.2) is 36.4 Å². The first-order valence-corrected chi connectivity index (χ1v) is 6.37. The fraction of sp³-hybridized carbons (Fsp3) is 0.375. The molecule has 102 valence electrons. The minimum absolute atomic E-state index is 0.210. The summed E-state index contributed by atoms with van der Waals surface area (Å²) in [6.07, 6.45) is 3.90. The molecule has 0 unspecified atom stereocenters. The topological polar surface area (TPSA) is 66.0 Å². The normalized spacial score (nSPS) is 23.6. The highest BCUT2D eigenvalue weighted by molar-refractivity contribution is 5.39. The van der Waals surface area contributed by atoms with Crippen LogP contribution in [0.1, 0.15) is 17.9 Å². The number of rotatable bonds is 3. The maximum atomic E-state index is 9.56. The standard InChI is InChI=1S/C16H16N2O2/c1-19-13-8-6-12(7-9-13)14-4-3-5-15(20-2)16(14,10-17)11-18/h3,5-9,14-15H,4H2,1-2H3/t14-,15-/m1/s1. The summed E-state index contributed by atoms with van der Waals surface area (Å²) in [6, 6.07) is 11.8. The first kappa shape index (κ1) is 14.1. The van der Waals surface area contributed by atoms with Crippen LogP contribution in [0, 0.1) is 28.1 Å². The Bertz CT molecular complexity index is 564. The van der Waals surface area contributed by atoms with Gasteiger partial charge in [0.2, 0.25) is 0 Å². The molecule has 2 atom stereocenters. The van der Waals surface area contributed by atoms with E-state index in [9.17, 15) is 10.5 Å².